The molecule has 2 aliphatic heterocycles. The van der Waals surface area contributed by atoms with Gasteiger partial charge in [0.1, 0.15) is 5.82 Å². The molecule has 2 aliphatic rings. The van der Waals surface area contributed by atoms with Crippen LogP contribution < -0.4 is 4.90 Å². The van der Waals surface area contributed by atoms with Crippen LogP contribution in [0.3, 0.4) is 0 Å². The molecule has 0 amide bonds. The third-order valence-electron chi connectivity index (χ3n) is 6.90. The zero-order valence-electron chi connectivity index (χ0n) is 21.2. The third kappa shape index (κ3) is 7.68. The maximum atomic E-state index is 5.88. The second-order valence-corrected chi connectivity index (χ2v) is 10.6. The molecule has 1 aromatic heterocycles. The molecule has 6 nitrogen and oxygen atoms in total. The molecule has 0 aromatic carbocycles. The lowest BCUT2D eigenvalue weighted by atomic mass is 9.87. The van der Waals surface area contributed by atoms with Gasteiger partial charge in [-0.2, -0.15) is 0 Å². The molecule has 2 saturated heterocycles. The van der Waals surface area contributed by atoms with E-state index in [1.165, 1.54) is 37.9 Å². The minimum Gasteiger partial charge on any atom is -0.378 e. The van der Waals surface area contributed by atoms with Gasteiger partial charge in [-0.05, 0) is 62.9 Å². The number of piperidine rings is 1. The van der Waals surface area contributed by atoms with Crippen LogP contribution in [-0.2, 0) is 14.9 Å². The lowest BCUT2D eigenvalue weighted by molar-refractivity contribution is 0.0190. The molecule has 0 saturated carbocycles. The van der Waals surface area contributed by atoms with Crippen LogP contribution >= 0.6 is 0 Å². The number of ether oxygens (including phenoxy) is 2. The fourth-order valence-corrected chi connectivity index (χ4v) is 4.91. The minimum absolute atomic E-state index is 0.144. The van der Waals surface area contributed by atoms with Gasteiger partial charge in [-0.15, -0.1) is 0 Å². The molecule has 32 heavy (non-hydrogen) atoms. The van der Waals surface area contributed by atoms with Crippen LogP contribution in [0.4, 0.5) is 5.82 Å². The number of anilines is 1. The Bertz CT molecular complexity index is 660. The summed E-state index contributed by atoms with van der Waals surface area (Å²) in [4.78, 5) is 12.2. The summed E-state index contributed by atoms with van der Waals surface area (Å²) in [6, 6.07) is 5.36. The Morgan fingerprint density at radius 3 is 2.16 bits per heavy atom. The molecule has 3 heterocycles. The molecular weight excluding hydrogens is 400 g/mol. The predicted molar refractivity (Wildman–Crippen MR) is 133 cm³/mol. The maximum absolute atomic E-state index is 5.88. The highest BCUT2D eigenvalue weighted by Gasteiger charge is 2.30. The van der Waals surface area contributed by atoms with Crippen molar-refractivity contribution in [2.45, 2.75) is 71.4 Å². The van der Waals surface area contributed by atoms with Gasteiger partial charge in [-0.25, -0.2) is 4.98 Å². The summed E-state index contributed by atoms with van der Waals surface area (Å²) in [5.74, 6) is 1.11. The van der Waals surface area contributed by atoms with E-state index < -0.39 is 0 Å². The van der Waals surface area contributed by atoms with Crippen molar-refractivity contribution in [3.63, 3.8) is 0 Å². The molecule has 3 rings (SSSR count). The molecule has 2 atom stereocenters. The monoisotopic (exact) mass is 446 g/mol. The number of likely N-dealkylation sites (tertiary alicyclic amines) is 1. The zero-order valence-corrected chi connectivity index (χ0v) is 21.2. The van der Waals surface area contributed by atoms with E-state index in [-0.39, 0.29) is 5.41 Å². The molecule has 2 fully saturated rings. The van der Waals surface area contributed by atoms with Crippen molar-refractivity contribution < 1.29 is 9.47 Å². The van der Waals surface area contributed by atoms with Crippen molar-refractivity contribution in [3.8, 4) is 0 Å². The minimum atomic E-state index is 0.144. The second kappa shape index (κ2) is 12.3. The summed E-state index contributed by atoms with van der Waals surface area (Å²) in [5, 5.41) is 0. The fraction of sp³-hybridized carbons (Fsp3) is 0.808. The molecule has 0 aliphatic carbocycles. The van der Waals surface area contributed by atoms with E-state index in [0.29, 0.717) is 25.3 Å². The van der Waals surface area contributed by atoms with E-state index in [1.807, 2.05) is 6.20 Å². The molecule has 0 unspecified atom stereocenters. The number of hydrogen-bond acceptors (Lipinski definition) is 6. The predicted octanol–water partition coefficient (Wildman–Crippen LogP) is 3.80. The van der Waals surface area contributed by atoms with Crippen LogP contribution in [0.25, 0.3) is 0 Å². The van der Waals surface area contributed by atoms with E-state index in [4.69, 9.17) is 9.47 Å². The molecule has 6 heteroatoms. The van der Waals surface area contributed by atoms with Crippen molar-refractivity contribution in [3.05, 3.63) is 23.9 Å². The number of aromatic nitrogens is 1. The number of rotatable bonds is 10. The van der Waals surface area contributed by atoms with Gasteiger partial charge >= 0.3 is 0 Å². The van der Waals surface area contributed by atoms with Crippen molar-refractivity contribution in [2.75, 3.05) is 70.6 Å². The summed E-state index contributed by atoms with van der Waals surface area (Å²) in [7, 11) is 0. The second-order valence-electron chi connectivity index (χ2n) is 10.6. The summed E-state index contributed by atoms with van der Waals surface area (Å²) in [6.07, 6.45) is 6.03. The quantitative estimate of drug-likeness (QED) is 0.509. The van der Waals surface area contributed by atoms with Crippen molar-refractivity contribution in [2.24, 2.45) is 0 Å². The van der Waals surface area contributed by atoms with E-state index in [9.17, 15) is 0 Å². The van der Waals surface area contributed by atoms with Crippen molar-refractivity contribution in [1.82, 2.24) is 14.8 Å². The van der Waals surface area contributed by atoms with Gasteiger partial charge in [0.25, 0.3) is 0 Å². The van der Waals surface area contributed by atoms with Crippen molar-refractivity contribution in [1.29, 1.82) is 0 Å². The first-order chi connectivity index (χ1) is 15.3. The van der Waals surface area contributed by atoms with E-state index in [0.717, 1.165) is 45.2 Å². The van der Waals surface area contributed by atoms with E-state index >= 15 is 0 Å². The summed E-state index contributed by atoms with van der Waals surface area (Å²) in [5.41, 5.74) is 1.49. The summed E-state index contributed by atoms with van der Waals surface area (Å²) >= 11 is 0. The molecule has 0 bridgehead atoms. The summed E-state index contributed by atoms with van der Waals surface area (Å²) in [6.45, 7) is 20.9. The SMILES string of the molecule is C[C@@H]1CN(c2cc(C(C)(C)C)ccn2)C[C@H](C)N1CCOCCOCCN1CCCCC1. The van der Waals surface area contributed by atoms with Crippen LogP contribution in [0.15, 0.2) is 18.3 Å². The van der Waals surface area contributed by atoms with Gasteiger partial charge < -0.3 is 19.3 Å². The lowest BCUT2D eigenvalue weighted by Crippen LogP contribution is -2.57. The van der Waals surface area contributed by atoms with Crippen LogP contribution in [0.5, 0.6) is 0 Å². The highest BCUT2D eigenvalue weighted by atomic mass is 16.5. The maximum Gasteiger partial charge on any atom is 0.128 e. The van der Waals surface area contributed by atoms with Gasteiger partial charge in [0, 0.05) is 44.5 Å². The molecule has 0 N–H and O–H groups in total. The lowest BCUT2D eigenvalue weighted by Gasteiger charge is -2.45. The van der Waals surface area contributed by atoms with Gasteiger partial charge in [-0.3, -0.25) is 4.90 Å². The standard InChI is InChI=1S/C26H46N4O2/c1-22-20-29(25-19-24(9-10-27-25)26(3,4)5)21-23(2)30(22)14-16-32-18-17-31-15-13-28-11-7-6-8-12-28/h9-10,19,22-23H,6-8,11-18,20-21H2,1-5H3/t22-,23+. The van der Waals surface area contributed by atoms with Gasteiger partial charge in [-0.1, -0.05) is 27.2 Å². The zero-order chi connectivity index (χ0) is 23.0. The Balaban J connectivity index is 1.33. The number of nitrogens with zero attached hydrogens (tertiary/aromatic N) is 4. The fourth-order valence-electron chi connectivity index (χ4n) is 4.91. The molecule has 0 radical (unpaired) electrons. The van der Waals surface area contributed by atoms with E-state index in [1.54, 1.807) is 0 Å². The average molecular weight is 447 g/mol. The van der Waals surface area contributed by atoms with Crippen LogP contribution in [-0.4, -0.2) is 92.6 Å². The Kier molecular flexibility index (Phi) is 9.77. The molecule has 1 aromatic rings. The normalized spacial score (nSPS) is 23.6. The molecule has 182 valence electrons. The third-order valence-corrected chi connectivity index (χ3v) is 6.90. The first kappa shape index (κ1) is 25.4. The van der Waals surface area contributed by atoms with Crippen LogP contribution in [0, 0.1) is 0 Å². The number of hydrogen-bond donors (Lipinski definition) is 0. The first-order valence-electron chi connectivity index (χ1n) is 12.7. The van der Waals surface area contributed by atoms with Gasteiger partial charge in [0.05, 0.1) is 26.4 Å². The Morgan fingerprint density at radius 2 is 1.53 bits per heavy atom. The largest absolute Gasteiger partial charge is 0.378 e. The first-order valence-corrected chi connectivity index (χ1v) is 12.7. The molecule has 0 spiro atoms. The Morgan fingerprint density at radius 1 is 0.906 bits per heavy atom. The van der Waals surface area contributed by atoms with Gasteiger partial charge in [0.2, 0.25) is 0 Å². The van der Waals surface area contributed by atoms with E-state index in [2.05, 4.69) is 66.4 Å². The highest BCUT2D eigenvalue weighted by molar-refractivity contribution is 5.44. The molecular formula is C26H46N4O2. The number of pyridine rings is 1. The van der Waals surface area contributed by atoms with Crippen LogP contribution in [0.2, 0.25) is 0 Å². The number of piperazine rings is 1. The summed E-state index contributed by atoms with van der Waals surface area (Å²) < 4.78 is 11.7. The average Bonchev–Trinajstić information content (AvgIpc) is 2.77. The Hall–Kier alpha value is -1.21. The van der Waals surface area contributed by atoms with Gasteiger partial charge in [0.15, 0.2) is 0 Å². The highest BCUT2D eigenvalue weighted by Crippen LogP contribution is 2.27. The van der Waals surface area contributed by atoms with Crippen LogP contribution in [0.1, 0.15) is 59.4 Å². The van der Waals surface area contributed by atoms with Crippen molar-refractivity contribution >= 4 is 5.82 Å². The topological polar surface area (TPSA) is 41.1 Å². The Labute approximate surface area is 196 Å². The smallest absolute Gasteiger partial charge is 0.128 e.